The largest absolute Gasteiger partial charge is 0.391 e. The Balaban J connectivity index is 0.00000192. The Morgan fingerprint density at radius 1 is 1.43 bits per heavy atom. The van der Waals surface area contributed by atoms with Gasteiger partial charge in [-0.15, -0.1) is 24.0 Å². The van der Waals surface area contributed by atoms with Gasteiger partial charge in [-0.2, -0.15) is 0 Å². The van der Waals surface area contributed by atoms with Gasteiger partial charge in [0.05, 0.1) is 12.6 Å². The van der Waals surface area contributed by atoms with Crippen molar-refractivity contribution in [3.05, 3.63) is 35.6 Å². The summed E-state index contributed by atoms with van der Waals surface area (Å²) in [5.41, 5.74) is 0.653. The summed E-state index contributed by atoms with van der Waals surface area (Å²) < 4.78 is 14.0. The highest BCUT2D eigenvalue weighted by Gasteiger charge is 2.46. The molecule has 1 aromatic carbocycles. The van der Waals surface area contributed by atoms with Gasteiger partial charge in [-0.1, -0.05) is 18.2 Å². The van der Waals surface area contributed by atoms with E-state index in [4.69, 9.17) is 4.99 Å². The van der Waals surface area contributed by atoms with E-state index < -0.39 is 0 Å². The number of aliphatic imine (C=N–C) groups is 1. The molecule has 4 nitrogen and oxygen atoms in total. The van der Waals surface area contributed by atoms with Crippen LogP contribution >= 0.6 is 24.0 Å². The second-order valence-electron chi connectivity index (χ2n) is 6.32. The number of guanidine groups is 1. The first kappa shape index (κ1) is 18.4. The van der Waals surface area contributed by atoms with Crippen LogP contribution in [0.5, 0.6) is 0 Å². The lowest BCUT2D eigenvalue weighted by Crippen LogP contribution is -2.41. The monoisotopic (exact) mass is 433 g/mol. The Hall–Kier alpha value is -0.890. The molecule has 0 aromatic heterocycles. The molecule has 0 unspecified atom stereocenters. The normalized spacial score (nSPS) is 22.7. The van der Waals surface area contributed by atoms with Gasteiger partial charge in [-0.25, -0.2) is 4.39 Å². The lowest BCUT2D eigenvalue weighted by Gasteiger charge is -2.22. The summed E-state index contributed by atoms with van der Waals surface area (Å²) in [5, 5.41) is 13.0. The van der Waals surface area contributed by atoms with E-state index in [9.17, 15) is 9.50 Å². The van der Waals surface area contributed by atoms with Crippen molar-refractivity contribution in [3.8, 4) is 0 Å². The second-order valence-corrected chi connectivity index (χ2v) is 6.32. The Labute approximate surface area is 154 Å². The van der Waals surface area contributed by atoms with Crippen LogP contribution in [0.4, 0.5) is 4.39 Å². The predicted octanol–water partition coefficient (Wildman–Crippen LogP) is 2.51. The number of benzene rings is 1. The van der Waals surface area contributed by atoms with E-state index in [2.05, 4.69) is 10.2 Å². The van der Waals surface area contributed by atoms with Crippen LogP contribution < -0.4 is 5.32 Å². The molecule has 3 rings (SSSR count). The highest BCUT2D eigenvalue weighted by atomic mass is 127. The van der Waals surface area contributed by atoms with Crippen molar-refractivity contribution >= 4 is 29.9 Å². The summed E-state index contributed by atoms with van der Waals surface area (Å²) in [4.78, 5) is 6.82. The van der Waals surface area contributed by atoms with Crippen LogP contribution in [0.15, 0.2) is 29.3 Å². The summed E-state index contributed by atoms with van der Waals surface area (Å²) in [6.45, 7) is 4.87. The van der Waals surface area contributed by atoms with Crippen molar-refractivity contribution in [2.45, 2.75) is 37.7 Å². The SMILES string of the molecule is CCNC(=NCC1(c2ccccc2F)CC1)N1CC[C@@H](O)C1.I. The van der Waals surface area contributed by atoms with Crippen molar-refractivity contribution in [1.82, 2.24) is 10.2 Å². The number of nitrogens with one attached hydrogen (secondary N) is 1. The molecule has 6 heteroatoms. The Kier molecular flexibility index (Phi) is 6.25. The van der Waals surface area contributed by atoms with E-state index >= 15 is 0 Å². The number of nitrogens with zero attached hydrogens (tertiary/aromatic N) is 2. The standard InChI is InChI=1S/C17H24FN3O.HI/c1-2-19-16(21-10-7-13(22)11-21)20-12-17(8-9-17)14-5-3-4-6-15(14)18;/h3-6,13,22H,2,7-12H2,1H3,(H,19,20);1H/t13-;/m1./s1. The van der Waals surface area contributed by atoms with Gasteiger partial charge in [-0.3, -0.25) is 4.99 Å². The molecule has 0 amide bonds. The Morgan fingerprint density at radius 3 is 2.74 bits per heavy atom. The van der Waals surface area contributed by atoms with Crippen LogP contribution in [0.2, 0.25) is 0 Å². The third kappa shape index (κ3) is 4.15. The van der Waals surface area contributed by atoms with Gasteiger partial charge < -0.3 is 15.3 Å². The molecule has 1 aliphatic heterocycles. The number of likely N-dealkylation sites (tertiary alicyclic amines) is 1. The molecule has 2 N–H and O–H groups in total. The van der Waals surface area contributed by atoms with Crippen LogP contribution in [-0.2, 0) is 5.41 Å². The molecule has 0 radical (unpaired) electrons. The average molecular weight is 433 g/mol. The van der Waals surface area contributed by atoms with Gasteiger partial charge in [0.15, 0.2) is 5.96 Å². The van der Waals surface area contributed by atoms with E-state index in [1.807, 2.05) is 19.1 Å². The average Bonchev–Trinajstić information content (AvgIpc) is 3.18. The Bertz CT molecular complexity index is 563. The third-order valence-electron chi connectivity index (χ3n) is 4.63. The molecule has 0 bridgehead atoms. The molecule has 2 fully saturated rings. The van der Waals surface area contributed by atoms with Gasteiger partial charge in [0, 0.05) is 25.0 Å². The number of rotatable bonds is 4. The molecule has 1 atom stereocenters. The lowest BCUT2D eigenvalue weighted by molar-refractivity contribution is 0.188. The minimum absolute atomic E-state index is 0. The molecule has 1 saturated heterocycles. The van der Waals surface area contributed by atoms with Crippen LogP contribution in [0.1, 0.15) is 31.7 Å². The van der Waals surface area contributed by atoms with Crippen LogP contribution in [0, 0.1) is 5.82 Å². The van der Waals surface area contributed by atoms with E-state index in [1.165, 1.54) is 6.07 Å². The quantitative estimate of drug-likeness (QED) is 0.436. The lowest BCUT2D eigenvalue weighted by atomic mass is 9.95. The molecular formula is C17H25FIN3O. The maximum atomic E-state index is 14.0. The smallest absolute Gasteiger partial charge is 0.194 e. The van der Waals surface area contributed by atoms with E-state index in [1.54, 1.807) is 6.07 Å². The minimum Gasteiger partial charge on any atom is -0.391 e. The van der Waals surface area contributed by atoms with E-state index in [0.717, 1.165) is 43.9 Å². The van der Waals surface area contributed by atoms with Gasteiger partial charge in [0.2, 0.25) is 0 Å². The number of hydrogen-bond donors (Lipinski definition) is 2. The van der Waals surface area contributed by atoms with Crippen molar-refractivity contribution in [2.24, 2.45) is 4.99 Å². The fourth-order valence-corrected chi connectivity index (χ4v) is 3.14. The summed E-state index contributed by atoms with van der Waals surface area (Å²) in [5.74, 6) is 0.707. The summed E-state index contributed by atoms with van der Waals surface area (Å²) in [6.07, 6.45) is 2.48. The van der Waals surface area contributed by atoms with Crippen molar-refractivity contribution in [1.29, 1.82) is 0 Å². The summed E-state index contributed by atoms with van der Waals surface area (Å²) in [7, 11) is 0. The zero-order valence-electron chi connectivity index (χ0n) is 13.5. The van der Waals surface area contributed by atoms with Crippen molar-refractivity contribution in [2.75, 3.05) is 26.2 Å². The van der Waals surface area contributed by atoms with Crippen LogP contribution in [-0.4, -0.2) is 48.2 Å². The number of hydrogen-bond acceptors (Lipinski definition) is 2. The maximum absolute atomic E-state index is 14.0. The molecule has 128 valence electrons. The van der Waals surface area contributed by atoms with Crippen LogP contribution in [0.3, 0.4) is 0 Å². The molecular weight excluding hydrogens is 408 g/mol. The topological polar surface area (TPSA) is 47.9 Å². The number of aliphatic hydroxyl groups excluding tert-OH is 1. The summed E-state index contributed by atoms with van der Waals surface area (Å²) in [6, 6.07) is 7.03. The molecule has 1 saturated carbocycles. The fraction of sp³-hybridized carbons (Fsp3) is 0.588. The highest BCUT2D eigenvalue weighted by molar-refractivity contribution is 14.0. The van der Waals surface area contributed by atoms with E-state index in [0.29, 0.717) is 13.1 Å². The Morgan fingerprint density at radius 2 is 2.17 bits per heavy atom. The van der Waals surface area contributed by atoms with Gasteiger partial charge >= 0.3 is 0 Å². The first-order valence-electron chi connectivity index (χ1n) is 8.11. The summed E-state index contributed by atoms with van der Waals surface area (Å²) >= 11 is 0. The van der Waals surface area contributed by atoms with E-state index in [-0.39, 0.29) is 41.3 Å². The first-order chi connectivity index (χ1) is 10.6. The zero-order valence-corrected chi connectivity index (χ0v) is 15.8. The predicted molar refractivity (Wildman–Crippen MR) is 101 cm³/mol. The maximum Gasteiger partial charge on any atom is 0.194 e. The molecule has 0 spiro atoms. The zero-order chi connectivity index (χ0) is 15.6. The molecule has 2 aliphatic rings. The highest BCUT2D eigenvalue weighted by Crippen LogP contribution is 2.49. The van der Waals surface area contributed by atoms with Crippen molar-refractivity contribution < 1.29 is 9.50 Å². The fourth-order valence-electron chi connectivity index (χ4n) is 3.14. The molecule has 1 heterocycles. The first-order valence-corrected chi connectivity index (χ1v) is 8.11. The van der Waals surface area contributed by atoms with Crippen molar-refractivity contribution in [3.63, 3.8) is 0 Å². The third-order valence-corrected chi connectivity index (χ3v) is 4.63. The van der Waals surface area contributed by atoms with Gasteiger partial charge in [0.1, 0.15) is 5.82 Å². The molecule has 23 heavy (non-hydrogen) atoms. The van der Waals surface area contributed by atoms with Gasteiger partial charge in [-0.05, 0) is 37.8 Å². The molecule has 1 aromatic rings. The minimum atomic E-state index is -0.273. The van der Waals surface area contributed by atoms with Crippen LogP contribution in [0.25, 0.3) is 0 Å². The van der Waals surface area contributed by atoms with Gasteiger partial charge in [0.25, 0.3) is 0 Å². The number of aliphatic hydroxyl groups is 1. The second kappa shape index (κ2) is 7.79. The number of β-amino-alcohol motifs (C(OH)–C–C–N with tert-alkyl or cyclic N) is 1. The molecule has 1 aliphatic carbocycles. The number of halogens is 2.